The third-order valence-electron chi connectivity index (χ3n) is 3.33. The Labute approximate surface area is 143 Å². The molecule has 0 atom stereocenters. The average Bonchev–Trinajstić information content (AvgIpc) is 3.19. The van der Waals surface area contributed by atoms with Crippen molar-refractivity contribution in [2.45, 2.75) is 6.54 Å². The molecule has 0 amide bonds. The summed E-state index contributed by atoms with van der Waals surface area (Å²) in [5, 5.41) is 6.45. The maximum atomic E-state index is 12.2. The Morgan fingerprint density at radius 1 is 1.25 bits per heavy atom. The Bertz CT molecular complexity index is 1140. The number of hydrogen-bond acceptors (Lipinski definition) is 6. The van der Waals surface area contributed by atoms with Crippen LogP contribution in [0.4, 0.5) is 0 Å². The van der Waals surface area contributed by atoms with E-state index in [0.717, 1.165) is 9.56 Å². The molecule has 7 nitrogen and oxygen atoms in total. The van der Waals surface area contributed by atoms with Crippen molar-refractivity contribution in [3.05, 3.63) is 73.5 Å². The smallest absolute Gasteiger partial charge is 0.387 e. The van der Waals surface area contributed by atoms with E-state index in [0.29, 0.717) is 16.4 Å². The minimum absolute atomic E-state index is 0.0437. The maximum Gasteiger partial charge on any atom is 0.437 e. The van der Waals surface area contributed by atoms with Gasteiger partial charge in [-0.2, -0.15) is 4.68 Å². The van der Waals surface area contributed by atoms with E-state index in [1.54, 1.807) is 12.1 Å². The lowest BCUT2D eigenvalue weighted by molar-refractivity contribution is 0.494. The summed E-state index contributed by atoms with van der Waals surface area (Å²) in [6.07, 6.45) is 1.49. The van der Waals surface area contributed by atoms with Crippen LogP contribution in [0.15, 0.2) is 55.9 Å². The van der Waals surface area contributed by atoms with Gasteiger partial charge >= 0.3 is 5.76 Å². The van der Waals surface area contributed by atoms with Gasteiger partial charge in [-0.25, -0.2) is 9.78 Å². The molecule has 0 unspecified atom stereocenters. The van der Waals surface area contributed by atoms with Gasteiger partial charge in [0.05, 0.1) is 22.1 Å². The monoisotopic (exact) mass is 360 g/mol. The van der Waals surface area contributed by atoms with Crippen LogP contribution >= 0.6 is 22.9 Å². The lowest BCUT2D eigenvalue weighted by Crippen LogP contribution is -2.21. The van der Waals surface area contributed by atoms with Gasteiger partial charge in [0.25, 0.3) is 11.4 Å². The zero-order chi connectivity index (χ0) is 16.7. The molecule has 0 spiro atoms. The molecule has 4 heterocycles. The highest BCUT2D eigenvalue weighted by Gasteiger charge is 2.12. The van der Waals surface area contributed by atoms with Gasteiger partial charge in [0, 0.05) is 12.3 Å². The van der Waals surface area contributed by atoms with Crippen LogP contribution in [0.25, 0.3) is 16.4 Å². The topological polar surface area (TPSA) is 82.4 Å². The molecule has 120 valence electrons. The standard InChI is InChI=1S/C15H9ClN4O3S/c16-9-3-4-12-17-10(6-13(21)19(12)7-9)8-20-15(22)23-14(18-20)11-2-1-5-24-11/h1-7H,8H2. The second-order valence-corrected chi connectivity index (χ2v) is 6.35. The Hall–Kier alpha value is -2.71. The Morgan fingerprint density at radius 2 is 2.12 bits per heavy atom. The highest BCUT2D eigenvalue weighted by atomic mass is 35.5. The molecule has 24 heavy (non-hydrogen) atoms. The molecule has 0 aromatic carbocycles. The summed E-state index contributed by atoms with van der Waals surface area (Å²) in [5.74, 6) is -0.351. The fourth-order valence-corrected chi connectivity index (χ4v) is 3.07. The molecule has 0 radical (unpaired) electrons. The molecule has 4 aromatic heterocycles. The van der Waals surface area contributed by atoms with Crippen molar-refractivity contribution in [2.75, 3.05) is 0 Å². The Balaban J connectivity index is 1.74. The summed E-state index contributed by atoms with van der Waals surface area (Å²) < 4.78 is 7.63. The predicted octanol–water partition coefficient (Wildman–Crippen LogP) is 2.27. The molecule has 0 bridgehead atoms. The Kier molecular flexibility index (Phi) is 3.55. The van der Waals surface area contributed by atoms with E-state index in [1.165, 1.54) is 28.0 Å². The summed E-state index contributed by atoms with van der Waals surface area (Å²) in [6, 6.07) is 8.27. The van der Waals surface area contributed by atoms with E-state index in [9.17, 15) is 9.59 Å². The van der Waals surface area contributed by atoms with Crippen molar-refractivity contribution in [1.82, 2.24) is 19.2 Å². The van der Waals surface area contributed by atoms with Crippen molar-refractivity contribution in [1.29, 1.82) is 0 Å². The summed E-state index contributed by atoms with van der Waals surface area (Å²) in [4.78, 5) is 29.2. The van der Waals surface area contributed by atoms with Crippen LogP contribution in [0.2, 0.25) is 5.02 Å². The van der Waals surface area contributed by atoms with E-state index >= 15 is 0 Å². The van der Waals surface area contributed by atoms with E-state index in [1.807, 2.05) is 17.5 Å². The van der Waals surface area contributed by atoms with Gasteiger partial charge in [-0.05, 0) is 23.6 Å². The molecule has 0 aliphatic rings. The number of aromatic nitrogens is 4. The van der Waals surface area contributed by atoms with Crippen molar-refractivity contribution in [2.24, 2.45) is 0 Å². The molecule has 0 N–H and O–H groups in total. The normalized spacial score (nSPS) is 11.2. The lowest BCUT2D eigenvalue weighted by Gasteiger charge is -2.03. The van der Waals surface area contributed by atoms with E-state index in [-0.39, 0.29) is 18.0 Å². The lowest BCUT2D eigenvalue weighted by atomic mass is 10.3. The number of thiophene rings is 1. The zero-order valence-corrected chi connectivity index (χ0v) is 13.6. The molecular weight excluding hydrogens is 352 g/mol. The van der Waals surface area contributed by atoms with Crippen LogP contribution in [-0.4, -0.2) is 19.2 Å². The summed E-state index contributed by atoms with van der Waals surface area (Å²) in [7, 11) is 0. The number of fused-ring (bicyclic) bond motifs is 1. The van der Waals surface area contributed by atoms with Crippen molar-refractivity contribution in [3.8, 4) is 10.8 Å². The SMILES string of the molecule is O=c1oc(-c2cccs2)nn1Cc1cc(=O)n2cc(Cl)ccc2n1. The van der Waals surface area contributed by atoms with Gasteiger partial charge in [0.2, 0.25) is 0 Å². The van der Waals surface area contributed by atoms with Crippen LogP contribution in [0, 0.1) is 0 Å². The number of rotatable bonds is 3. The fraction of sp³-hybridized carbons (Fsp3) is 0.0667. The highest BCUT2D eigenvalue weighted by Crippen LogP contribution is 2.21. The second-order valence-electron chi connectivity index (χ2n) is 4.97. The first-order valence-corrected chi connectivity index (χ1v) is 8.15. The minimum Gasteiger partial charge on any atom is -0.387 e. The van der Waals surface area contributed by atoms with E-state index in [4.69, 9.17) is 16.0 Å². The molecule has 0 aliphatic carbocycles. The van der Waals surface area contributed by atoms with Gasteiger partial charge < -0.3 is 4.42 Å². The molecule has 9 heteroatoms. The minimum atomic E-state index is -0.600. The van der Waals surface area contributed by atoms with Crippen molar-refractivity contribution in [3.63, 3.8) is 0 Å². The third kappa shape index (κ3) is 2.66. The van der Waals surface area contributed by atoms with Gasteiger partial charge in [-0.3, -0.25) is 9.20 Å². The molecule has 4 rings (SSSR count). The largest absolute Gasteiger partial charge is 0.437 e. The summed E-state index contributed by atoms with van der Waals surface area (Å²) in [5.41, 5.74) is 0.569. The van der Waals surface area contributed by atoms with Gasteiger partial charge in [0.15, 0.2) is 0 Å². The number of pyridine rings is 1. The zero-order valence-electron chi connectivity index (χ0n) is 12.0. The van der Waals surface area contributed by atoms with Gasteiger partial charge in [-0.15, -0.1) is 16.4 Å². The number of halogens is 1. The molecular formula is C15H9ClN4O3S. The van der Waals surface area contributed by atoms with E-state index in [2.05, 4.69) is 10.1 Å². The Morgan fingerprint density at radius 3 is 2.92 bits per heavy atom. The molecule has 0 saturated heterocycles. The van der Waals surface area contributed by atoms with Crippen LogP contribution in [0.3, 0.4) is 0 Å². The summed E-state index contributed by atoms with van der Waals surface area (Å²) >= 11 is 7.30. The van der Waals surface area contributed by atoms with Gasteiger partial charge in [0.1, 0.15) is 5.65 Å². The van der Waals surface area contributed by atoms with Crippen LogP contribution in [0.1, 0.15) is 5.69 Å². The van der Waals surface area contributed by atoms with Crippen LogP contribution in [-0.2, 0) is 6.54 Å². The first-order valence-electron chi connectivity index (χ1n) is 6.90. The second kappa shape index (κ2) is 5.73. The van der Waals surface area contributed by atoms with Crippen molar-refractivity contribution < 1.29 is 4.42 Å². The number of nitrogens with zero attached hydrogens (tertiary/aromatic N) is 4. The van der Waals surface area contributed by atoms with Crippen LogP contribution in [0.5, 0.6) is 0 Å². The maximum absolute atomic E-state index is 12.2. The van der Waals surface area contributed by atoms with Crippen LogP contribution < -0.4 is 11.3 Å². The third-order valence-corrected chi connectivity index (χ3v) is 4.41. The molecule has 0 aliphatic heterocycles. The number of hydrogen-bond donors (Lipinski definition) is 0. The average molecular weight is 361 g/mol. The summed E-state index contributed by atoms with van der Waals surface area (Å²) in [6.45, 7) is 0.0437. The first-order chi connectivity index (χ1) is 11.6. The van der Waals surface area contributed by atoms with Gasteiger partial charge in [-0.1, -0.05) is 17.7 Å². The fourth-order valence-electron chi connectivity index (χ4n) is 2.27. The predicted molar refractivity (Wildman–Crippen MR) is 89.7 cm³/mol. The molecule has 4 aromatic rings. The molecule has 0 fully saturated rings. The van der Waals surface area contributed by atoms with E-state index < -0.39 is 5.76 Å². The first kappa shape index (κ1) is 14.9. The molecule has 0 saturated carbocycles. The highest BCUT2D eigenvalue weighted by molar-refractivity contribution is 7.13. The quantitative estimate of drug-likeness (QED) is 0.559. The van der Waals surface area contributed by atoms with Crippen molar-refractivity contribution >= 4 is 28.6 Å².